The number of nitriles is 1. The van der Waals surface area contributed by atoms with Gasteiger partial charge in [-0.2, -0.15) is 5.26 Å². The van der Waals surface area contributed by atoms with Crippen LogP contribution in [0.25, 0.3) is 0 Å². The van der Waals surface area contributed by atoms with Gasteiger partial charge in [-0.05, 0) is 25.5 Å². The fourth-order valence-electron chi connectivity index (χ4n) is 1.33. The summed E-state index contributed by atoms with van der Waals surface area (Å²) < 4.78 is 5.13. The second-order valence-electron chi connectivity index (χ2n) is 3.58. The molecule has 1 aromatic heterocycles. The zero-order valence-electron chi connectivity index (χ0n) is 9.94. The number of anilines is 1. The van der Waals surface area contributed by atoms with Crippen LogP contribution >= 0.6 is 0 Å². The van der Waals surface area contributed by atoms with Gasteiger partial charge in [0, 0.05) is 18.8 Å². The highest BCUT2D eigenvalue weighted by molar-refractivity contribution is 5.52. The minimum Gasteiger partial charge on any atom is -0.394 e. The van der Waals surface area contributed by atoms with Gasteiger partial charge in [0.05, 0.1) is 18.8 Å². The van der Waals surface area contributed by atoms with E-state index < -0.39 is 0 Å². The first-order valence-corrected chi connectivity index (χ1v) is 5.58. The second-order valence-corrected chi connectivity index (χ2v) is 3.58. The van der Waals surface area contributed by atoms with Crippen LogP contribution in [0.15, 0.2) is 12.1 Å². The summed E-state index contributed by atoms with van der Waals surface area (Å²) in [4.78, 5) is 4.26. The van der Waals surface area contributed by atoms with Crippen molar-refractivity contribution < 1.29 is 9.84 Å². The van der Waals surface area contributed by atoms with E-state index in [2.05, 4.69) is 16.4 Å². The predicted octanol–water partition coefficient (Wildman–Crippen LogP) is 1.07. The molecule has 0 saturated carbocycles. The molecule has 0 atom stereocenters. The minimum atomic E-state index is 0.0471. The summed E-state index contributed by atoms with van der Waals surface area (Å²) >= 11 is 0. The third-order valence-electron chi connectivity index (χ3n) is 2.15. The number of nitrogens with one attached hydrogen (secondary N) is 1. The van der Waals surface area contributed by atoms with Crippen LogP contribution in [-0.2, 0) is 4.74 Å². The van der Waals surface area contributed by atoms with Gasteiger partial charge in [0.2, 0.25) is 0 Å². The first kappa shape index (κ1) is 13.4. The Labute approximate surface area is 101 Å². The molecular formula is C12H17N3O2. The first-order valence-electron chi connectivity index (χ1n) is 5.58. The van der Waals surface area contributed by atoms with Gasteiger partial charge in [-0.3, -0.25) is 0 Å². The summed E-state index contributed by atoms with van der Waals surface area (Å²) in [7, 11) is 0. The van der Waals surface area contributed by atoms with Crippen molar-refractivity contribution in [1.82, 2.24) is 4.98 Å². The lowest BCUT2D eigenvalue weighted by Crippen LogP contribution is -2.09. The molecule has 0 bridgehead atoms. The number of aliphatic hydroxyl groups is 1. The molecule has 5 heteroatoms. The Hall–Kier alpha value is -1.64. The SMILES string of the molecule is Cc1ccc(C#N)c(NCCCOCCO)n1. The molecule has 0 amide bonds. The number of ether oxygens (including phenoxy) is 1. The van der Waals surface area contributed by atoms with Crippen molar-refractivity contribution in [2.45, 2.75) is 13.3 Å². The normalized spacial score (nSPS) is 9.94. The summed E-state index contributed by atoms with van der Waals surface area (Å²) in [6, 6.07) is 5.67. The van der Waals surface area contributed by atoms with Crippen molar-refractivity contribution >= 4 is 5.82 Å². The minimum absolute atomic E-state index is 0.0471. The number of hydrogen-bond donors (Lipinski definition) is 2. The van der Waals surface area contributed by atoms with Gasteiger partial charge in [-0.1, -0.05) is 0 Å². The van der Waals surface area contributed by atoms with Gasteiger partial charge in [-0.25, -0.2) is 4.98 Å². The molecule has 0 aliphatic heterocycles. The summed E-state index contributed by atoms with van der Waals surface area (Å²) in [6.07, 6.45) is 0.806. The van der Waals surface area contributed by atoms with E-state index in [0.717, 1.165) is 12.1 Å². The number of aliphatic hydroxyl groups excluding tert-OH is 1. The van der Waals surface area contributed by atoms with Crippen molar-refractivity contribution in [3.63, 3.8) is 0 Å². The van der Waals surface area contributed by atoms with Gasteiger partial charge in [0.15, 0.2) is 0 Å². The quantitative estimate of drug-likeness (QED) is 0.691. The zero-order valence-corrected chi connectivity index (χ0v) is 9.94. The molecule has 17 heavy (non-hydrogen) atoms. The number of pyridine rings is 1. The average Bonchev–Trinajstić information content (AvgIpc) is 2.34. The summed E-state index contributed by atoms with van der Waals surface area (Å²) in [6.45, 7) is 3.58. The summed E-state index contributed by atoms with van der Waals surface area (Å²) in [5.41, 5.74) is 1.43. The van der Waals surface area contributed by atoms with Crippen molar-refractivity contribution in [2.24, 2.45) is 0 Å². The molecule has 92 valence electrons. The molecule has 0 radical (unpaired) electrons. The van der Waals surface area contributed by atoms with E-state index >= 15 is 0 Å². The molecule has 1 aromatic rings. The van der Waals surface area contributed by atoms with E-state index in [1.165, 1.54) is 0 Å². The number of aromatic nitrogens is 1. The Morgan fingerprint density at radius 2 is 2.29 bits per heavy atom. The van der Waals surface area contributed by atoms with Crippen LogP contribution in [0.1, 0.15) is 17.7 Å². The fourth-order valence-corrected chi connectivity index (χ4v) is 1.33. The maximum absolute atomic E-state index is 8.90. The fraction of sp³-hybridized carbons (Fsp3) is 0.500. The van der Waals surface area contributed by atoms with Crippen molar-refractivity contribution in [2.75, 3.05) is 31.7 Å². The largest absolute Gasteiger partial charge is 0.394 e. The average molecular weight is 235 g/mol. The third-order valence-corrected chi connectivity index (χ3v) is 2.15. The molecule has 0 aliphatic rings. The smallest absolute Gasteiger partial charge is 0.144 e. The van der Waals surface area contributed by atoms with Gasteiger partial charge >= 0.3 is 0 Å². The van der Waals surface area contributed by atoms with E-state index in [1.54, 1.807) is 6.07 Å². The highest BCUT2D eigenvalue weighted by atomic mass is 16.5. The molecule has 0 fully saturated rings. The molecule has 0 spiro atoms. The molecule has 0 aromatic carbocycles. The Kier molecular flexibility index (Phi) is 6.00. The van der Waals surface area contributed by atoms with E-state index in [1.807, 2.05) is 13.0 Å². The zero-order chi connectivity index (χ0) is 12.5. The number of rotatable bonds is 7. The highest BCUT2D eigenvalue weighted by Gasteiger charge is 2.02. The molecule has 0 saturated heterocycles. The molecule has 2 N–H and O–H groups in total. The lowest BCUT2D eigenvalue weighted by atomic mass is 10.2. The maximum Gasteiger partial charge on any atom is 0.144 e. The van der Waals surface area contributed by atoms with Crippen molar-refractivity contribution in [3.8, 4) is 6.07 Å². The second kappa shape index (κ2) is 7.60. The van der Waals surface area contributed by atoms with Gasteiger partial charge in [-0.15, -0.1) is 0 Å². The lowest BCUT2D eigenvalue weighted by Gasteiger charge is -2.08. The Balaban J connectivity index is 2.36. The van der Waals surface area contributed by atoms with E-state index in [9.17, 15) is 0 Å². The molecular weight excluding hydrogens is 218 g/mol. The van der Waals surface area contributed by atoms with Crippen molar-refractivity contribution in [3.05, 3.63) is 23.4 Å². The van der Waals surface area contributed by atoms with Crippen LogP contribution in [0, 0.1) is 18.3 Å². The monoisotopic (exact) mass is 235 g/mol. The number of nitrogens with zero attached hydrogens (tertiary/aromatic N) is 2. The summed E-state index contributed by atoms with van der Waals surface area (Å²) in [5.74, 6) is 0.620. The Morgan fingerprint density at radius 1 is 1.47 bits per heavy atom. The highest BCUT2D eigenvalue weighted by Crippen LogP contribution is 2.11. The molecule has 1 rings (SSSR count). The molecule has 1 heterocycles. The third kappa shape index (κ3) is 4.81. The summed E-state index contributed by atoms with van der Waals surface area (Å²) in [5, 5.41) is 20.5. The number of aryl methyl sites for hydroxylation is 1. The van der Waals surface area contributed by atoms with E-state index in [0.29, 0.717) is 31.1 Å². The Morgan fingerprint density at radius 3 is 3.00 bits per heavy atom. The molecule has 0 unspecified atom stereocenters. The van der Waals surface area contributed by atoms with Crippen LogP contribution in [0.2, 0.25) is 0 Å². The topological polar surface area (TPSA) is 78.2 Å². The molecule has 0 aliphatic carbocycles. The van der Waals surface area contributed by atoms with Crippen LogP contribution in [0.5, 0.6) is 0 Å². The lowest BCUT2D eigenvalue weighted by molar-refractivity contribution is 0.0922. The van der Waals surface area contributed by atoms with Crippen LogP contribution < -0.4 is 5.32 Å². The Bertz CT molecular complexity index is 388. The van der Waals surface area contributed by atoms with Crippen LogP contribution in [-0.4, -0.2) is 36.5 Å². The van der Waals surface area contributed by atoms with Crippen LogP contribution in [0.3, 0.4) is 0 Å². The van der Waals surface area contributed by atoms with Crippen LogP contribution in [0.4, 0.5) is 5.82 Å². The van der Waals surface area contributed by atoms with E-state index in [-0.39, 0.29) is 6.61 Å². The van der Waals surface area contributed by atoms with Gasteiger partial charge < -0.3 is 15.2 Å². The molecule has 5 nitrogen and oxygen atoms in total. The predicted molar refractivity (Wildman–Crippen MR) is 64.7 cm³/mol. The standard InChI is InChI=1S/C12H17N3O2/c1-10-3-4-11(9-13)12(15-10)14-5-2-7-17-8-6-16/h3-4,16H,2,5-8H2,1H3,(H,14,15). The first-order chi connectivity index (χ1) is 8.27. The number of hydrogen-bond acceptors (Lipinski definition) is 5. The van der Waals surface area contributed by atoms with Gasteiger partial charge in [0.25, 0.3) is 0 Å². The van der Waals surface area contributed by atoms with Crippen molar-refractivity contribution in [1.29, 1.82) is 5.26 Å². The maximum atomic E-state index is 8.90. The van der Waals surface area contributed by atoms with Gasteiger partial charge in [0.1, 0.15) is 11.9 Å². The van der Waals surface area contributed by atoms with E-state index in [4.69, 9.17) is 15.1 Å².